The summed E-state index contributed by atoms with van der Waals surface area (Å²) in [5.74, 6) is 0.777. The SMILES string of the molecule is Nc1cc(Cl)nc(N2CCN3C(=O)NCC3C2)c1. The van der Waals surface area contributed by atoms with E-state index in [1.54, 1.807) is 6.07 Å². The van der Waals surface area contributed by atoms with Gasteiger partial charge in [0.2, 0.25) is 0 Å². The molecular formula is C11H14ClN5O. The van der Waals surface area contributed by atoms with Crippen LogP contribution in [0, 0.1) is 0 Å². The number of piperazine rings is 1. The second-order valence-electron chi connectivity index (χ2n) is 4.56. The van der Waals surface area contributed by atoms with Gasteiger partial charge in [-0.3, -0.25) is 0 Å². The molecule has 1 aromatic rings. The smallest absolute Gasteiger partial charge is 0.317 e. The van der Waals surface area contributed by atoms with Gasteiger partial charge in [-0.1, -0.05) is 11.6 Å². The first-order chi connectivity index (χ1) is 8.63. The highest BCUT2D eigenvalue weighted by molar-refractivity contribution is 6.29. The molecule has 3 rings (SSSR count). The molecule has 3 N–H and O–H groups in total. The van der Waals surface area contributed by atoms with Gasteiger partial charge in [0.05, 0.1) is 6.04 Å². The van der Waals surface area contributed by atoms with Gasteiger partial charge in [-0.05, 0) is 6.07 Å². The van der Waals surface area contributed by atoms with Crippen LogP contribution >= 0.6 is 11.6 Å². The second-order valence-corrected chi connectivity index (χ2v) is 4.95. The number of nitrogens with zero attached hydrogens (tertiary/aromatic N) is 3. The summed E-state index contributed by atoms with van der Waals surface area (Å²) in [5, 5.41) is 3.24. The predicted octanol–water partition coefficient (Wildman–Crippen LogP) is 0.531. The fourth-order valence-corrected chi connectivity index (χ4v) is 2.69. The molecule has 1 atom stereocenters. The summed E-state index contributed by atoms with van der Waals surface area (Å²) in [6.45, 7) is 2.89. The number of hydrogen-bond acceptors (Lipinski definition) is 4. The van der Waals surface area contributed by atoms with Crippen molar-refractivity contribution in [1.82, 2.24) is 15.2 Å². The number of nitrogens with one attached hydrogen (secondary N) is 1. The highest BCUT2D eigenvalue weighted by Crippen LogP contribution is 2.23. The molecule has 0 aromatic carbocycles. The lowest BCUT2D eigenvalue weighted by Crippen LogP contribution is -2.52. The van der Waals surface area contributed by atoms with Crippen LogP contribution in [0.1, 0.15) is 0 Å². The molecule has 2 fully saturated rings. The molecule has 3 heterocycles. The number of nitrogens with two attached hydrogens (primary N) is 1. The van der Waals surface area contributed by atoms with Crippen LogP contribution in [0.4, 0.5) is 16.3 Å². The van der Waals surface area contributed by atoms with Crippen molar-refractivity contribution >= 4 is 29.1 Å². The summed E-state index contributed by atoms with van der Waals surface area (Å²) in [7, 11) is 0. The van der Waals surface area contributed by atoms with Gasteiger partial charge in [0, 0.05) is 37.9 Å². The molecule has 0 aliphatic carbocycles. The number of anilines is 2. The Kier molecular flexibility index (Phi) is 2.66. The minimum Gasteiger partial charge on any atom is -0.399 e. The summed E-state index contributed by atoms with van der Waals surface area (Å²) in [4.78, 5) is 19.8. The molecule has 0 spiro atoms. The Morgan fingerprint density at radius 3 is 3.06 bits per heavy atom. The molecule has 1 aromatic heterocycles. The van der Waals surface area contributed by atoms with E-state index in [4.69, 9.17) is 17.3 Å². The number of hydrogen-bond donors (Lipinski definition) is 2. The Hall–Kier alpha value is -1.69. The summed E-state index contributed by atoms with van der Waals surface area (Å²) in [6, 6.07) is 3.67. The second kappa shape index (κ2) is 4.20. The lowest BCUT2D eigenvalue weighted by atomic mass is 10.2. The first-order valence-corrected chi connectivity index (χ1v) is 6.24. The molecule has 2 aliphatic heterocycles. The fraction of sp³-hybridized carbons (Fsp3) is 0.455. The molecular weight excluding hydrogens is 254 g/mol. The Balaban J connectivity index is 1.80. The van der Waals surface area contributed by atoms with Crippen molar-refractivity contribution in [2.45, 2.75) is 6.04 Å². The van der Waals surface area contributed by atoms with E-state index in [2.05, 4.69) is 15.2 Å². The topological polar surface area (TPSA) is 74.5 Å². The van der Waals surface area contributed by atoms with E-state index in [0.29, 0.717) is 23.9 Å². The number of nitrogen functional groups attached to an aromatic ring is 1. The minimum atomic E-state index is 0.0261. The third kappa shape index (κ3) is 1.92. The Morgan fingerprint density at radius 2 is 2.28 bits per heavy atom. The van der Waals surface area contributed by atoms with Crippen LogP contribution in [0.3, 0.4) is 0 Å². The third-order valence-electron chi connectivity index (χ3n) is 3.36. The molecule has 96 valence electrons. The zero-order valence-electron chi connectivity index (χ0n) is 9.77. The van der Waals surface area contributed by atoms with Crippen LogP contribution in [-0.2, 0) is 0 Å². The van der Waals surface area contributed by atoms with Crippen molar-refractivity contribution in [3.63, 3.8) is 0 Å². The number of urea groups is 1. The summed E-state index contributed by atoms with van der Waals surface area (Å²) < 4.78 is 0. The molecule has 0 bridgehead atoms. The number of pyridine rings is 1. The van der Waals surface area contributed by atoms with Crippen molar-refractivity contribution in [2.24, 2.45) is 0 Å². The third-order valence-corrected chi connectivity index (χ3v) is 3.55. The maximum Gasteiger partial charge on any atom is 0.317 e. The molecule has 2 aliphatic rings. The van der Waals surface area contributed by atoms with Gasteiger partial charge in [-0.2, -0.15) is 0 Å². The number of carbonyl (C=O) groups is 1. The number of rotatable bonds is 1. The van der Waals surface area contributed by atoms with Gasteiger partial charge in [0.25, 0.3) is 0 Å². The van der Waals surface area contributed by atoms with E-state index in [9.17, 15) is 4.79 Å². The van der Waals surface area contributed by atoms with Crippen LogP contribution in [-0.4, -0.2) is 48.1 Å². The van der Waals surface area contributed by atoms with Gasteiger partial charge in [-0.25, -0.2) is 9.78 Å². The maximum atomic E-state index is 11.5. The van der Waals surface area contributed by atoms with Crippen molar-refractivity contribution in [3.8, 4) is 0 Å². The van der Waals surface area contributed by atoms with Gasteiger partial charge < -0.3 is 20.9 Å². The summed E-state index contributed by atoms with van der Waals surface area (Å²) >= 11 is 5.91. The maximum absolute atomic E-state index is 11.5. The van der Waals surface area contributed by atoms with Crippen molar-refractivity contribution in [2.75, 3.05) is 36.8 Å². The van der Waals surface area contributed by atoms with Crippen molar-refractivity contribution in [1.29, 1.82) is 0 Å². The van der Waals surface area contributed by atoms with Crippen LogP contribution in [0.25, 0.3) is 0 Å². The molecule has 18 heavy (non-hydrogen) atoms. The first-order valence-electron chi connectivity index (χ1n) is 5.86. The first kappa shape index (κ1) is 11.4. The molecule has 0 saturated carbocycles. The van der Waals surface area contributed by atoms with Crippen molar-refractivity contribution < 1.29 is 4.79 Å². The van der Waals surface area contributed by atoms with Crippen molar-refractivity contribution in [3.05, 3.63) is 17.3 Å². The van der Waals surface area contributed by atoms with Crippen LogP contribution < -0.4 is 16.0 Å². The van der Waals surface area contributed by atoms with E-state index in [1.165, 1.54) is 0 Å². The Morgan fingerprint density at radius 1 is 1.44 bits per heavy atom. The largest absolute Gasteiger partial charge is 0.399 e. The molecule has 7 heteroatoms. The van der Waals surface area contributed by atoms with E-state index in [1.807, 2.05) is 11.0 Å². The quantitative estimate of drug-likeness (QED) is 0.728. The number of halogens is 1. The van der Waals surface area contributed by atoms with E-state index in [0.717, 1.165) is 18.9 Å². The monoisotopic (exact) mass is 267 g/mol. The van der Waals surface area contributed by atoms with E-state index >= 15 is 0 Å². The average Bonchev–Trinajstić information content (AvgIpc) is 2.69. The van der Waals surface area contributed by atoms with Crippen LogP contribution in [0.2, 0.25) is 5.15 Å². The number of amides is 2. The average molecular weight is 268 g/mol. The highest BCUT2D eigenvalue weighted by atomic mass is 35.5. The predicted molar refractivity (Wildman–Crippen MR) is 69.8 cm³/mol. The Labute approximate surface area is 110 Å². The Bertz CT molecular complexity index is 474. The van der Waals surface area contributed by atoms with Gasteiger partial charge in [0.1, 0.15) is 11.0 Å². The number of aromatic nitrogens is 1. The lowest BCUT2D eigenvalue weighted by molar-refractivity contribution is 0.197. The standard InChI is InChI=1S/C11H14ClN5O/c12-9-3-7(13)4-10(15-9)16-1-2-17-8(6-16)5-14-11(17)18/h3-4,8H,1-2,5-6H2,(H2,13,15)(H,14,18). The van der Waals surface area contributed by atoms with Crippen LogP contribution in [0.15, 0.2) is 12.1 Å². The summed E-state index contributed by atoms with van der Waals surface area (Å²) in [6.07, 6.45) is 0. The molecule has 2 amide bonds. The number of carbonyl (C=O) groups excluding carboxylic acids is 1. The molecule has 2 saturated heterocycles. The fourth-order valence-electron chi connectivity index (χ4n) is 2.48. The van der Waals surface area contributed by atoms with Gasteiger partial charge in [0.15, 0.2) is 0 Å². The van der Waals surface area contributed by atoms with E-state index in [-0.39, 0.29) is 12.1 Å². The normalized spacial score (nSPS) is 22.9. The highest BCUT2D eigenvalue weighted by Gasteiger charge is 2.35. The van der Waals surface area contributed by atoms with E-state index < -0.39 is 0 Å². The zero-order chi connectivity index (χ0) is 12.7. The minimum absolute atomic E-state index is 0.0261. The number of fused-ring (bicyclic) bond motifs is 1. The molecule has 6 nitrogen and oxygen atoms in total. The lowest BCUT2D eigenvalue weighted by Gasteiger charge is -2.37. The van der Waals surface area contributed by atoms with Gasteiger partial charge >= 0.3 is 6.03 Å². The zero-order valence-corrected chi connectivity index (χ0v) is 10.5. The van der Waals surface area contributed by atoms with Gasteiger partial charge in [-0.15, -0.1) is 0 Å². The molecule has 1 unspecified atom stereocenters. The molecule has 0 radical (unpaired) electrons. The summed E-state index contributed by atoms with van der Waals surface area (Å²) in [5.41, 5.74) is 6.37. The van der Waals surface area contributed by atoms with Crippen LogP contribution in [0.5, 0.6) is 0 Å².